The topological polar surface area (TPSA) is 3.24 Å². The van der Waals surface area contributed by atoms with Crippen LogP contribution in [-0.4, -0.2) is 48.7 Å². The first kappa shape index (κ1) is 14.8. The third-order valence-corrected chi connectivity index (χ3v) is 5.50. The molecule has 120 valence electrons. The minimum Gasteiger partial charge on any atom is -0.310 e. The van der Waals surface area contributed by atoms with Crippen LogP contribution in [0, 0.1) is 11.6 Å². The second kappa shape index (κ2) is 5.69. The molecule has 0 radical (unpaired) electrons. The number of benzene rings is 2. The van der Waals surface area contributed by atoms with Gasteiger partial charge in [-0.2, -0.15) is 0 Å². The molecule has 0 aliphatic carbocycles. The minimum absolute atomic E-state index is 0.152. The number of rotatable bonds is 3. The van der Waals surface area contributed by atoms with Gasteiger partial charge in [0, 0.05) is 30.8 Å². The summed E-state index contributed by atoms with van der Waals surface area (Å²) in [6.07, 6.45) is 0. The molecular formula is C19H21F2N2+. The summed E-state index contributed by atoms with van der Waals surface area (Å²) in [4.78, 5) is 2.51. The van der Waals surface area contributed by atoms with Crippen LogP contribution in [-0.2, 0) is 0 Å². The van der Waals surface area contributed by atoms with Crippen LogP contribution < -0.4 is 0 Å². The predicted molar refractivity (Wildman–Crippen MR) is 85.9 cm³/mol. The predicted octanol–water partition coefficient (Wildman–Crippen LogP) is 3.20. The number of hydrogen-bond donors (Lipinski definition) is 0. The van der Waals surface area contributed by atoms with Gasteiger partial charge >= 0.3 is 0 Å². The number of quaternary nitrogens is 1. The van der Waals surface area contributed by atoms with Crippen molar-refractivity contribution in [3.05, 3.63) is 71.3 Å². The van der Waals surface area contributed by atoms with Gasteiger partial charge in [-0.3, -0.25) is 4.90 Å². The molecule has 0 spiro atoms. The molecule has 0 aromatic heterocycles. The maximum absolute atomic E-state index is 13.4. The monoisotopic (exact) mass is 315 g/mol. The molecule has 0 saturated carbocycles. The van der Waals surface area contributed by atoms with Gasteiger partial charge in [0.05, 0.1) is 19.6 Å². The van der Waals surface area contributed by atoms with Gasteiger partial charge in [0.15, 0.2) is 0 Å². The van der Waals surface area contributed by atoms with Crippen LogP contribution >= 0.6 is 0 Å². The SMILES string of the molecule is Fc1ccc(C(c2ccc(F)cc2)[N+]23CCN(CC2)CC3)cc1. The van der Waals surface area contributed by atoms with Crippen molar-refractivity contribution in [2.45, 2.75) is 6.04 Å². The number of nitrogens with zero attached hydrogens (tertiary/aromatic N) is 2. The zero-order valence-corrected chi connectivity index (χ0v) is 13.1. The summed E-state index contributed by atoms with van der Waals surface area (Å²) in [5.41, 5.74) is 2.24. The molecule has 2 aromatic carbocycles. The Kier molecular flexibility index (Phi) is 3.66. The van der Waals surface area contributed by atoms with E-state index in [0.29, 0.717) is 0 Å². The fourth-order valence-electron chi connectivity index (χ4n) is 4.19. The van der Waals surface area contributed by atoms with Crippen LogP contribution in [0.5, 0.6) is 0 Å². The quantitative estimate of drug-likeness (QED) is 0.786. The molecular weight excluding hydrogens is 294 g/mol. The first-order valence-corrected chi connectivity index (χ1v) is 8.25. The summed E-state index contributed by atoms with van der Waals surface area (Å²) < 4.78 is 27.7. The highest BCUT2D eigenvalue weighted by molar-refractivity contribution is 5.30. The lowest BCUT2D eigenvalue weighted by molar-refractivity contribution is -0.963. The lowest BCUT2D eigenvalue weighted by atomic mass is 9.92. The van der Waals surface area contributed by atoms with Crippen LogP contribution in [0.1, 0.15) is 17.2 Å². The van der Waals surface area contributed by atoms with Crippen molar-refractivity contribution in [2.75, 3.05) is 39.3 Å². The Morgan fingerprint density at radius 2 is 1.09 bits per heavy atom. The van der Waals surface area contributed by atoms with Crippen LogP contribution in [0.15, 0.2) is 48.5 Å². The molecule has 3 aliphatic rings. The molecule has 3 heterocycles. The Labute approximate surface area is 135 Å². The molecule has 3 fully saturated rings. The van der Waals surface area contributed by atoms with Gasteiger partial charge in [-0.15, -0.1) is 0 Å². The summed E-state index contributed by atoms with van der Waals surface area (Å²) in [5, 5.41) is 0. The van der Waals surface area contributed by atoms with Crippen molar-refractivity contribution in [3.8, 4) is 0 Å². The molecule has 0 N–H and O–H groups in total. The number of hydrogen-bond acceptors (Lipinski definition) is 1. The summed E-state index contributed by atoms with van der Waals surface area (Å²) in [7, 11) is 0. The normalized spacial score (nSPS) is 26.7. The fourth-order valence-corrected chi connectivity index (χ4v) is 4.19. The van der Waals surface area contributed by atoms with Gasteiger partial charge in [-0.1, -0.05) is 0 Å². The third-order valence-electron chi connectivity index (χ3n) is 5.50. The standard InChI is InChI=1S/C19H21F2N2/c20-17-5-1-15(2-6-17)19(16-3-7-18(21)8-4-16)23-12-9-22(10-13-23)11-14-23/h1-8,19H,9-14H2/q+1. The molecule has 23 heavy (non-hydrogen) atoms. The van der Waals surface area contributed by atoms with E-state index in [0.717, 1.165) is 54.9 Å². The Balaban J connectivity index is 1.80. The zero-order chi connectivity index (χ0) is 15.9. The maximum Gasteiger partial charge on any atom is 0.141 e. The van der Waals surface area contributed by atoms with Gasteiger partial charge in [0.1, 0.15) is 17.7 Å². The van der Waals surface area contributed by atoms with E-state index in [9.17, 15) is 8.78 Å². The van der Waals surface area contributed by atoms with Crippen LogP contribution in [0.25, 0.3) is 0 Å². The zero-order valence-electron chi connectivity index (χ0n) is 13.1. The van der Waals surface area contributed by atoms with Gasteiger partial charge < -0.3 is 4.48 Å². The minimum atomic E-state index is -0.213. The molecule has 0 amide bonds. The molecule has 2 bridgehead atoms. The lowest BCUT2D eigenvalue weighted by Crippen LogP contribution is -2.68. The third kappa shape index (κ3) is 2.66. The van der Waals surface area contributed by atoms with E-state index in [1.807, 2.05) is 24.3 Å². The average Bonchev–Trinajstić information content (AvgIpc) is 2.60. The summed E-state index contributed by atoms with van der Waals surface area (Å²) in [5.74, 6) is -0.426. The second-order valence-electron chi connectivity index (χ2n) is 6.74. The largest absolute Gasteiger partial charge is 0.310 e. The van der Waals surface area contributed by atoms with Crippen molar-refractivity contribution >= 4 is 0 Å². The van der Waals surface area contributed by atoms with Gasteiger partial charge in [-0.25, -0.2) is 8.78 Å². The van der Waals surface area contributed by atoms with E-state index in [-0.39, 0.29) is 17.7 Å². The van der Waals surface area contributed by atoms with Crippen LogP contribution in [0.2, 0.25) is 0 Å². The van der Waals surface area contributed by atoms with E-state index >= 15 is 0 Å². The molecule has 4 heteroatoms. The molecule has 0 unspecified atom stereocenters. The van der Waals surface area contributed by atoms with Gasteiger partial charge in [-0.05, 0) is 48.5 Å². The molecule has 3 saturated heterocycles. The lowest BCUT2D eigenvalue weighted by Gasteiger charge is -2.54. The first-order chi connectivity index (χ1) is 11.2. The van der Waals surface area contributed by atoms with Gasteiger partial charge in [0.2, 0.25) is 0 Å². The highest BCUT2D eigenvalue weighted by atomic mass is 19.1. The molecule has 3 aliphatic heterocycles. The van der Waals surface area contributed by atoms with Crippen LogP contribution in [0.4, 0.5) is 8.78 Å². The highest BCUT2D eigenvalue weighted by Gasteiger charge is 2.45. The average molecular weight is 315 g/mol. The number of piperazine rings is 3. The summed E-state index contributed by atoms with van der Waals surface area (Å²) >= 11 is 0. The van der Waals surface area contributed by atoms with Crippen molar-refractivity contribution < 1.29 is 13.3 Å². The fraction of sp³-hybridized carbons (Fsp3) is 0.368. The first-order valence-electron chi connectivity index (χ1n) is 8.25. The van der Waals surface area contributed by atoms with Crippen molar-refractivity contribution in [1.82, 2.24) is 4.90 Å². The molecule has 5 rings (SSSR count). The second-order valence-corrected chi connectivity index (χ2v) is 6.74. The Bertz CT molecular complexity index is 614. The number of fused-ring (bicyclic) bond motifs is 3. The Morgan fingerprint density at radius 1 is 0.696 bits per heavy atom. The van der Waals surface area contributed by atoms with Gasteiger partial charge in [0.25, 0.3) is 0 Å². The van der Waals surface area contributed by atoms with E-state index in [4.69, 9.17) is 0 Å². The van der Waals surface area contributed by atoms with E-state index < -0.39 is 0 Å². The molecule has 0 atom stereocenters. The van der Waals surface area contributed by atoms with Crippen molar-refractivity contribution in [3.63, 3.8) is 0 Å². The molecule has 2 aromatic rings. The summed E-state index contributed by atoms with van der Waals surface area (Å²) in [6.45, 7) is 6.62. The summed E-state index contributed by atoms with van der Waals surface area (Å²) in [6, 6.07) is 13.8. The van der Waals surface area contributed by atoms with Crippen molar-refractivity contribution in [2.24, 2.45) is 0 Å². The van der Waals surface area contributed by atoms with E-state index in [1.165, 1.54) is 24.3 Å². The van der Waals surface area contributed by atoms with E-state index in [1.54, 1.807) is 0 Å². The molecule has 2 nitrogen and oxygen atoms in total. The smallest absolute Gasteiger partial charge is 0.141 e. The highest BCUT2D eigenvalue weighted by Crippen LogP contribution is 2.38. The maximum atomic E-state index is 13.4. The van der Waals surface area contributed by atoms with Crippen molar-refractivity contribution in [1.29, 1.82) is 0 Å². The van der Waals surface area contributed by atoms with E-state index in [2.05, 4.69) is 4.90 Å². The Morgan fingerprint density at radius 3 is 1.48 bits per heavy atom. The Hall–Kier alpha value is -1.78. The number of halogens is 2. The van der Waals surface area contributed by atoms with Crippen LogP contribution in [0.3, 0.4) is 0 Å².